The Morgan fingerprint density at radius 3 is 1.33 bits per heavy atom. The molecule has 0 heterocycles. The van der Waals surface area contributed by atoms with Crippen molar-refractivity contribution in [2.24, 2.45) is 0 Å². The van der Waals surface area contributed by atoms with E-state index >= 15 is 0 Å². The normalized spacial score (nSPS) is 10.1. The van der Waals surface area contributed by atoms with Gasteiger partial charge in [-0.1, -0.05) is 65.6 Å². The van der Waals surface area contributed by atoms with Crippen molar-refractivity contribution < 1.29 is 7.58 Å². The minimum Gasteiger partial charge on any atom is -0.481 e. The summed E-state index contributed by atoms with van der Waals surface area (Å²) >= 11 is -0.629. The fourth-order valence-electron chi connectivity index (χ4n) is 1.54. The average Bonchev–Trinajstić information content (AvgIpc) is 2.41. The maximum absolute atomic E-state index is 5.34. The third-order valence-corrected chi connectivity index (χ3v) is 7.56. The molecule has 0 aliphatic rings. The lowest BCUT2D eigenvalue weighted by Gasteiger charge is -2.03. The Hall–Kier alpha value is 0.669. The lowest BCUT2D eigenvalue weighted by atomic mass is 10.4. The van der Waals surface area contributed by atoms with E-state index in [4.69, 9.17) is 7.58 Å². The van der Waals surface area contributed by atoms with Gasteiger partial charge in [0.2, 0.25) is 0 Å². The number of hydrogen-bond acceptors (Lipinski definition) is 2. The highest BCUT2D eigenvalue weighted by Crippen LogP contribution is 2.01. The van der Waals surface area contributed by atoms with Crippen LogP contribution in [0.2, 0.25) is 18.1 Å². The molecule has 0 unspecified atom stereocenters. The smallest absolute Gasteiger partial charge is 0.481 e. The Morgan fingerprint density at radius 2 is 1.11 bits per heavy atom. The highest BCUT2D eigenvalue weighted by Gasteiger charge is 1.98. The van der Waals surface area contributed by atoms with Crippen molar-refractivity contribution in [1.29, 1.82) is 0 Å². The second-order valence-corrected chi connectivity index (χ2v) is 9.97. The lowest BCUT2D eigenvalue weighted by molar-refractivity contribution is 0.216. The molecular formula is C14H35AlO2Si. The van der Waals surface area contributed by atoms with Gasteiger partial charge in [0.05, 0.1) is 0 Å². The van der Waals surface area contributed by atoms with Gasteiger partial charge in [-0.05, 0) is 12.8 Å². The molecule has 0 rings (SSSR count). The van der Waals surface area contributed by atoms with Crippen molar-refractivity contribution in [2.75, 3.05) is 13.2 Å². The quantitative estimate of drug-likeness (QED) is 0.420. The minimum atomic E-state index is -0.629. The predicted molar refractivity (Wildman–Crippen MR) is 87.5 cm³/mol. The van der Waals surface area contributed by atoms with Crippen molar-refractivity contribution in [3.8, 4) is 0 Å². The van der Waals surface area contributed by atoms with Gasteiger partial charge in [0.25, 0.3) is 0 Å². The summed E-state index contributed by atoms with van der Waals surface area (Å²) in [6.07, 6.45) is 4.76. The molecule has 0 aromatic carbocycles. The first-order valence-electron chi connectivity index (χ1n) is 7.91. The molecule has 0 saturated carbocycles. The lowest BCUT2D eigenvalue weighted by Crippen LogP contribution is -2.06. The number of rotatable bonds is 11. The van der Waals surface area contributed by atoms with Gasteiger partial charge in [0, 0.05) is 22.0 Å². The van der Waals surface area contributed by atoms with Gasteiger partial charge in [0.1, 0.15) is 0 Å². The van der Waals surface area contributed by atoms with Crippen molar-refractivity contribution >= 4 is 24.7 Å². The Labute approximate surface area is 124 Å². The Balaban J connectivity index is 0. The standard InChI is InChI=1S/C6H16Si.2C4H9O.Al.H/c1-4-7(5-2)6-3;2*1-2-3-4-5;;/h7H,4-6H2,1-3H3;2*2-4H2,1H3;;/q;2*-1;+2;. The molecule has 0 amide bonds. The van der Waals surface area contributed by atoms with Crippen LogP contribution >= 0.6 is 0 Å². The fraction of sp³-hybridized carbons (Fsp3) is 1.00. The summed E-state index contributed by atoms with van der Waals surface area (Å²) in [5.74, 6) is 0. The van der Waals surface area contributed by atoms with Crippen LogP contribution in [0.5, 0.6) is 0 Å². The van der Waals surface area contributed by atoms with Crippen LogP contribution in [-0.2, 0) is 7.58 Å². The van der Waals surface area contributed by atoms with Crippen LogP contribution in [0.1, 0.15) is 60.3 Å². The molecule has 0 aromatic rings. The van der Waals surface area contributed by atoms with Crippen LogP contribution in [0.15, 0.2) is 0 Å². The van der Waals surface area contributed by atoms with E-state index < -0.39 is 15.9 Å². The maximum Gasteiger partial charge on any atom is 0.649 e. The highest BCUT2D eigenvalue weighted by atomic mass is 28.3. The fourth-order valence-corrected chi connectivity index (χ4v) is 4.03. The van der Waals surface area contributed by atoms with Gasteiger partial charge in [0.15, 0.2) is 0 Å². The van der Waals surface area contributed by atoms with Crippen LogP contribution in [0.3, 0.4) is 0 Å². The van der Waals surface area contributed by atoms with E-state index in [1.807, 2.05) is 0 Å². The summed E-state index contributed by atoms with van der Waals surface area (Å²) in [5, 5.41) is 0. The summed E-state index contributed by atoms with van der Waals surface area (Å²) in [6, 6.07) is 4.48. The van der Waals surface area contributed by atoms with Crippen LogP contribution < -0.4 is 0 Å². The zero-order chi connectivity index (χ0) is 14.1. The molecule has 4 heteroatoms. The molecule has 0 saturated heterocycles. The van der Waals surface area contributed by atoms with E-state index in [1.165, 1.54) is 43.8 Å². The molecule has 18 heavy (non-hydrogen) atoms. The van der Waals surface area contributed by atoms with Gasteiger partial charge in [-0.15, -0.1) is 0 Å². The monoisotopic (exact) mass is 290 g/mol. The molecule has 0 radical (unpaired) electrons. The SMILES string of the molecule is CCCC[O][AlH][O]CCCC.CC[SiH](CC)CC. The van der Waals surface area contributed by atoms with E-state index in [1.54, 1.807) is 0 Å². The molecule has 0 bridgehead atoms. The summed E-state index contributed by atoms with van der Waals surface area (Å²) < 4.78 is 10.7. The average molecular weight is 290 g/mol. The van der Waals surface area contributed by atoms with Gasteiger partial charge in [-0.25, -0.2) is 0 Å². The van der Waals surface area contributed by atoms with Crippen LogP contribution in [0, 0.1) is 0 Å². The second kappa shape index (κ2) is 20.0. The summed E-state index contributed by atoms with van der Waals surface area (Å²) in [6.45, 7) is 13.1. The number of hydrogen-bond donors (Lipinski definition) is 0. The molecule has 0 aliphatic heterocycles. The molecule has 0 fully saturated rings. The summed E-state index contributed by atoms with van der Waals surface area (Å²) in [7, 11) is -0.171. The molecule has 0 N–H and O–H groups in total. The first-order valence-corrected chi connectivity index (χ1v) is 11.5. The predicted octanol–water partition coefficient (Wildman–Crippen LogP) is 4.16. The second-order valence-electron chi connectivity index (χ2n) is 4.73. The Morgan fingerprint density at radius 1 is 0.722 bits per heavy atom. The van der Waals surface area contributed by atoms with Crippen LogP contribution in [0.25, 0.3) is 0 Å². The van der Waals surface area contributed by atoms with Gasteiger partial charge in [-0.2, -0.15) is 0 Å². The molecule has 110 valence electrons. The highest BCUT2D eigenvalue weighted by molar-refractivity contribution is 6.58. The largest absolute Gasteiger partial charge is 0.649 e. The van der Waals surface area contributed by atoms with Crippen molar-refractivity contribution in [1.82, 2.24) is 0 Å². The molecule has 2 nitrogen and oxygen atoms in total. The Kier molecular flexibility index (Phi) is 23.3. The minimum absolute atomic E-state index is 0.171. The molecule has 0 spiro atoms. The topological polar surface area (TPSA) is 18.5 Å². The third kappa shape index (κ3) is 19.0. The zero-order valence-corrected chi connectivity index (χ0v) is 16.0. The van der Waals surface area contributed by atoms with Gasteiger partial charge in [-0.3, -0.25) is 0 Å². The van der Waals surface area contributed by atoms with Crippen LogP contribution in [-0.4, -0.2) is 37.9 Å². The number of unbranched alkanes of at least 4 members (excludes halogenated alkanes) is 2. The van der Waals surface area contributed by atoms with Gasteiger partial charge < -0.3 is 7.58 Å². The van der Waals surface area contributed by atoms with Crippen molar-refractivity contribution in [3.05, 3.63) is 0 Å². The molecule has 0 aliphatic carbocycles. The van der Waals surface area contributed by atoms with E-state index in [9.17, 15) is 0 Å². The Bertz CT molecular complexity index is 119. The van der Waals surface area contributed by atoms with E-state index in [-0.39, 0.29) is 8.80 Å². The molecule has 0 atom stereocenters. The first-order chi connectivity index (χ1) is 8.76. The third-order valence-electron chi connectivity index (χ3n) is 3.18. The summed E-state index contributed by atoms with van der Waals surface area (Å²) in [5.41, 5.74) is 0. The van der Waals surface area contributed by atoms with Crippen molar-refractivity contribution in [3.63, 3.8) is 0 Å². The maximum atomic E-state index is 5.34. The van der Waals surface area contributed by atoms with Crippen molar-refractivity contribution in [2.45, 2.75) is 78.4 Å². The molecular weight excluding hydrogens is 255 g/mol. The first kappa shape index (κ1) is 21.0. The van der Waals surface area contributed by atoms with Gasteiger partial charge >= 0.3 is 15.9 Å². The van der Waals surface area contributed by atoms with E-state index in [0.29, 0.717) is 0 Å². The van der Waals surface area contributed by atoms with E-state index in [0.717, 1.165) is 13.2 Å². The summed E-state index contributed by atoms with van der Waals surface area (Å²) in [4.78, 5) is 0. The zero-order valence-electron chi connectivity index (χ0n) is 13.5. The van der Waals surface area contributed by atoms with Crippen LogP contribution in [0.4, 0.5) is 0 Å². The van der Waals surface area contributed by atoms with E-state index in [2.05, 4.69) is 34.6 Å². The molecule has 0 aromatic heterocycles.